The van der Waals surface area contributed by atoms with Crippen LogP contribution in [0.15, 0.2) is 18.3 Å². The topological polar surface area (TPSA) is 28.2 Å². The molecular weight excluding hydrogens is 254 g/mol. The van der Waals surface area contributed by atoms with Crippen molar-refractivity contribution in [2.75, 3.05) is 34.8 Å². The number of nitrogens with zero attached hydrogens (tertiary/aromatic N) is 2. The van der Waals surface area contributed by atoms with Crippen molar-refractivity contribution in [1.82, 2.24) is 4.98 Å². The summed E-state index contributed by atoms with van der Waals surface area (Å²) in [6, 6.07) is 5.01. The molecule has 2 fully saturated rings. The Morgan fingerprint density at radius 1 is 1.11 bits per heavy atom. The first-order valence-corrected chi connectivity index (χ1v) is 8.62. The van der Waals surface area contributed by atoms with E-state index in [1.165, 1.54) is 62.4 Å². The van der Waals surface area contributed by atoms with Gasteiger partial charge in [0.05, 0.1) is 11.9 Å². The van der Waals surface area contributed by atoms with E-state index in [4.69, 9.17) is 0 Å². The summed E-state index contributed by atoms with van der Waals surface area (Å²) in [5, 5.41) is 3.62. The average Bonchev–Trinajstić information content (AvgIpc) is 2.50. The molecule has 4 heteroatoms. The number of thioether (sulfide) groups is 1. The third kappa shape index (κ3) is 3.56. The first kappa shape index (κ1) is 13.1. The first-order chi connectivity index (χ1) is 9.42. The summed E-state index contributed by atoms with van der Waals surface area (Å²) >= 11 is 2.07. The molecule has 1 N–H and O–H groups in total. The van der Waals surface area contributed by atoms with Crippen LogP contribution in [0.4, 0.5) is 11.5 Å². The molecule has 0 radical (unpaired) electrons. The van der Waals surface area contributed by atoms with E-state index in [9.17, 15) is 0 Å². The number of aromatic nitrogens is 1. The molecule has 0 aromatic carbocycles. The maximum absolute atomic E-state index is 4.63. The third-order valence-corrected chi connectivity index (χ3v) is 5.07. The van der Waals surface area contributed by atoms with Gasteiger partial charge in [0.1, 0.15) is 5.82 Å². The fourth-order valence-electron chi connectivity index (χ4n) is 2.86. The van der Waals surface area contributed by atoms with Crippen LogP contribution in [-0.2, 0) is 0 Å². The van der Waals surface area contributed by atoms with Gasteiger partial charge < -0.3 is 10.2 Å². The van der Waals surface area contributed by atoms with Crippen LogP contribution in [0.2, 0.25) is 0 Å². The largest absolute Gasteiger partial charge is 0.381 e. The summed E-state index contributed by atoms with van der Waals surface area (Å²) in [6.45, 7) is 2.33. The number of anilines is 2. The van der Waals surface area contributed by atoms with Crippen LogP contribution in [0.3, 0.4) is 0 Å². The maximum Gasteiger partial charge on any atom is 0.128 e. The van der Waals surface area contributed by atoms with E-state index >= 15 is 0 Å². The van der Waals surface area contributed by atoms with Gasteiger partial charge in [-0.3, -0.25) is 0 Å². The van der Waals surface area contributed by atoms with Gasteiger partial charge in [-0.2, -0.15) is 11.8 Å². The Labute approximate surface area is 120 Å². The third-order valence-electron chi connectivity index (χ3n) is 4.02. The van der Waals surface area contributed by atoms with Gasteiger partial charge >= 0.3 is 0 Å². The molecule has 1 aromatic heterocycles. The lowest BCUT2D eigenvalue weighted by Gasteiger charge is -2.28. The molecule has 3 nitrogen and oxygen atoms in total. The van der Waals surface area contributed by atoms with Gasteiger partial charge in [0.2, 0.25) is 0 Å². The van der Waals surface area contributed by atoms with Crippen LogP contribution >= 0.6 is 11.8 Å². The molecule has 1 aromatic rings. The molecule has 104 valence electrons. The molecule has 2 aliphatic heterocycles. The molecule has 0 unspecified atom stereocenters. The number of hydrogen-bond acceptors (Lipinski definition) is 4. The molecule has 19 heavy (non-hydrogen) atoms. The molecule has 0 atom stereocenters. The zero-order chi connectivity index (χ0) is 12.9. The summed E-state index contributed by atoms with van der Waals surface area (Å²) in [6.07, 6.45) is 8.54. The van der Waals surface area contributed by atoms with Crippen molar-refractivity contribution in [3.8, 4) is 0 Å². The van der Waals surface area contributed by atoms with Crippen molar-refractivity contribution < 1.29 is 0 Å². The normalized spacial score (nSPS) is 21.4. The summed E-state index contributed by atoms with van der Waals surface area (Å²) in [4.78, 5) is 7.03. The Balaban J connectivity index is 1.58. The van der Waals surface area contributed by atoms with Gasteiger partial charge in [-0.25, -0.2) is 4.98 Å². The van der Waals surface area contributed by atoms with Crippen molar-refractivity contribution >= 4 is 23.3 Å². The van der Waals surface area contributed by atoms with Crippen LogP contribution in [0.1, 0.15) is 32.1 Å². The molecule has 3 heterocycles. The Bertz CT molecular complexity index is 381. The Morgan fingerprint density at radius 3 is 2.58 bits per heavy atom. The fraction of sp³-hybridized carbons (Fsp3) is 0.667. The van der Waals surface area contributed by atoms with Gasteiger partial charge in [-0.15, -0.1) is 0 Å². The highest BCUT2D eigenvalue weighted by molar-refractivity contribution is 7.99. The van der Waals surface area contributed by atoms with Crippen molar-refractivity contribution in [3.05, 3.63) is 18.3 Å². The second-order valence-electron chi connectivity index (χ2n) is 5.48. The summed E-state index contributed by atoms with van der Waals surface area (Å²) in [5.74, 6) is 3.72. The molecule has 3 rings (SSSR count). The monoisotopic (exact) mass is 277 g/mol. The van der Waals surface area contributed by atoms with E-state index in [0.29, 0.717) is 6.04 Å². The summed E-state index contributed by atoms with van der Waals surface area (Å²) < 4.78 is 0. The summed E-state index contributed by atoms with van der Waals surface area (Å²) in [5.41, 5.74) is 1.18. The SMILES string of the molecule is c1cc(N2CCCCC2)ncc1NC1CCSCC1. The van der Waals surface area contributed by atoms with Gasteiger partial charge in [0.25, 0.3) is 0 Å². The standard InChI is InChI=1S/C15H23N3S/c1-2-8-18(9-3-1)15-5-4-14(12-16-15)17-13-6-10-19-11-7-13/h4-5,12-13,17H,1-3,6-11H2. The van der Waals surface area contributed by atoms with Gasteiger partial charge in [-0.05, 0) is 55.7 Å². The van der Waals surface area contributed by atoms with Crippen LogP contribution in [0, 0.1) is 0 Å². The van der Waals surface area contributed by atoms with E-state index in [1.54, 1.807) is 0 Å². The number of piperidine rings is 1. The van der Waals surface area contributed by atoms with Crippen LogP contribution < -0.4 is 10.2 Å². The smallest absolute Gasteiger partial charge is 0.128 e. The Hall–Kier alpha value is -0.900. The molecule has 0 bridgehead atoms. The average molecular weight is 277 g/mol. The molecule has 0 aliphatic carbocycles. The second-order valence-corrected chi connectivity index (χ2v) is 6.71. The highest BCUT2D eigenvalue weighted by atomic mass is 32.2. The molecule has 2 saturated heterocycles. The molecule has 0 saturated carbocycles. The van der Waals surface area contributed by atoms with Crippen molar-refractivity contribution in [2.45, 2.75) is 38.1 Å². The zero-order valence-corrected chi connectivity index (χ0v) is 12.3. The van der Waals surface area contributed by atoms with E-state index < -0.39 is 0 Å². The molecular formula is C15H23N3S. The van der Waals surface area contributed by atoms with Crippen LogP contribution in [0.25, 0.3) is 0 Å². The fourth-order valence-corrected chi connectivity index (χ4v) is 3.97. The number of rotatable bonds is 3. The van der Waals surface area contributed by atoms with Gasteiger partial charge in [0, 0.05) is 19.1 Å². The number of nitrogens with one attached hydrogen (secondary N) is 1. The van der Waals surface area contributed by atoms with E-state index in [1.807, 2.05) is 6.20 Å². The summed E-state index contributed by atoms with van der Waals surface area (Å²) in [7, 11) is 0. The number of pyridine rings is 1. The molecule has 0 spiro atoms. The van der Waals surface area contributed by atoms with E-state index in [0.717, 1.165) is 5.82 Å². The van der Waals surface area contributed by atoms with Crippen molar-refractivity contribution in [3.63, 3.8) is 0 Å². The predicted molar refractivity (Wildman–Crippen MR) is 84.3 cm³/mol. The van der Waals surface area contributed by atoms with Crippen molar-refractivity contribution in [1.29, 1.82) is 0 Å². The highest BCUT2D eigenvalue weighted by Crippen LogP contribution is 2.22. The van der Waals surface area contributed by atoms with Gasteiger partial charge in [-0.1, -0.05) is 0 Å². The zero-order valence-electron chi connectivity index (χ0n) is 11.5. The minimum Gasteiger partial charge on any atom is -0.381 e. The quantitative estimate of drug-likeness (QED) is 0.917. The maximum atomic E-state index is 4.63. The molecule has 0 amide bonds. The lowest BCUT2D eigenvalue weighted by molar-refractivity contribution is 0.573. The van der Waals surface area contributed by atoms with E-state index in [-0.39, 0.29) is 0 Å². The number of hydrogen-bond donors (Lipinski definition) is 1. The van der Waals surface area contributed by atoms with Crippen molar-refractivity contribution in [2.24, 2.45) is 0 Å². The Morgan fingerprint density at radius 2 is 1.89 bits per heavy atom. The van der Waals surface area contributed by atoms with Crippen LogP contribution in [0.5, 0.6) is 0 Å². The molecule has 2 aliphatic rings. The lowest BCUT2D eigenvalue weighted by atomic mass is 10.1. The predicted octanol–water partition coefficient (Wildman–Crippen LogP) is 3.38. The second kappa shape index (κ2) is 6.51. The minimum atomic E-state index is 0.642. The first-order valence-electron chi connectivity index (χ1n) is 7.47. The lowest BCUT2D eigenvalue weighted by Crippen LogP contribution is -2.30. The highest BCUT2D eigenvalue weighted by Gasteiger charge is 2.14. The van der Waals surface area contributed by atoms with Gasteiger partial charge in [0.15, 0.2) is 0 Å². The minimum absolute atomic E-state index is 0.642. The van der Waals surface area contributed by atoms with Crippen LogP contribution in [-0.4, -0.2) is 35.6 Å². The Kier molecular flexibility index (Phi) is 4.49. The van der Waals surface area contributed by atoms with E-state index in [2.05, 4.69) is 39.1 Å².